The Balaban J connectivity index is 1.95. The Morgan fingerprint density at radius 3 is 2.25 bits per heavy atom. The van der Waals surface area contributed by atoms with Crippen molar-refractivity contribution in [3.63, 3.8) is 0 Å². The molecule has 1 aliphatic rings. The SMILES string of the molecule is O=C(NCCO)C(COCc1ccccc1)N1CCNCCNCCNCC1. The molecular weight excluding hydrogens is 358 g/mol. The topological polar surface area (TPSA) is 97.9 Å². The fraction of sp³-hybridized carbons (Fsp3) is 0.650. The lowest BCUT2D eigenvalue weighted by atomic mass is 10.2. The number of carbonyl (C=O) groups is 1. The third-order valence-corrected chi connectivity index (χ3v) is 4.65. The normalized spacial score (nSPS) is 18.6. The first-order valence-corrected chi connectivity index (χ1v) is 10.2. The van der Waals surface area contributed by atoms with E-state index in [1.54, 1.807) is 0 Å². The number of nitrogens with zero attached hydrogens (tertiary/aromatic N) is 1. The third kappa shape index (κ3) is 9.09. The predicted octanol–water partition coefficient (Wildman–Crippen LogP) is -1.24. The van der Waals surface area contributed by atoms with Crippen LogP contribution in [0.2, 0.25) is 0 Å². The van der Waals surface area contributed by atoms with E-state index >= 15 is 0 Å². The maximum absolute atomic E-state index is 12.7. The Morgan fingerprint density at radius 1 is 1.04 bits per heavy atom. The molecule has 1 aliphatic heterocycles. The van der Waals surface area contributed by atoms with Gasteiger partial charge < -0.3 is 31.1 Å². The second-order valence-corrected chi connectivity index (χ2v) is 6.82. The Kier molecular flexibility index (Phi) is 11.7. The van der Waals surface area contributed by atoms with Crippen LogP contribution in [0.3, 0.4) is 0 Å². The van der Waals surface area contributed by atoms with Crippen molar-refractivity contribution in [1.29, 1.82) is 0 Å². The highest BCUT2D eigenvalue weighted by molar-refractivity contribution is 5.81. The number of nitrogens with one attached hydrogen (secondary N) is 4. The van der Waals surface area contributed by atoms with Crippen molar-refractivity contribution in [3.8, 4) is 0 Å². The Bertz CT molecular complexity index is 520. The highest BCUT2D eigenvalue weighted by Crippen LogP contribution is 2.05. The summed E-state index contributed by atoms with van der Waals surface area (Å²) in [7, 11) is 0. The van der Waals surface area contributed by atoms with Gasteiger partial charge in [-0.05, 0) is 5.56 Å². The maximum atomic E-state index is 12.7. The van der Waals surface area contributed by atoms with Crippen LogP contribution in [-0.2, 0) is 16.1 Å². The second kappa shape index (κ2) is 14.4. The molecular formula is C20H35N5O3. The summed E-state index contributed by atoms with van der Waals surface area (Å²) in [5, 5.41) is 22.1. The molecule has 1 saturated heterocycles. The van der Waals surface area contributed by atoms with E-state index in [0.29, 0.717) is 13.2 Å². The van der Waals surface area contributed by atoms with Gasteiger partial charge in [-0.15, -0.1) is 0 Å². The van der Waals surface area contributed by atoms with Crippen molar-refractivity contribution < 1.29 is 14.6 Å². The number of carbonyl (C=O) groups excluding carboxylic acids is 1. The molecule has 5 N–H and O–H groups in total. The van der Waals surface area contributed by atoms with Crippen LogP contribution in [0, 0.1) is 0 Å². The Hall–Kier alpha value is -1.55. The van der Waals surface area contributed by atoms with Crippen LogP contribution in [0.15, 0.2) is 30.3 Å². The molecule has 1 aromatic rings. The van der Waals surface area contributed by atoms with E-state index in [1.807, 2.05) is 30.3 Å². The van der Waals surface area contributed by atoms with Gasteiger partial charge in [-0.25, -0.2) is 0 Å². The van der Waals surface area contributed by atoms with E-state index in [4.69, 9.17) is 9.84 Å². The number of aliphatic hydroxyl groups excluding tert-OH is 1. The minimum absolute atomic E-state index is 0.0700. The zero-order valence-electron chi connectivity index (χ0n) is 16.7. The summed E-state index contributed by atoms with van der Waals surface area (Å²) in [5.41, 5.74) is 1.08. The van der Waals surface area contributed by atoms with Gasteiger partial charge in [-0.2, -0.15) is 0 Å². The minimum atomic E-state index is -0.389. The number of hydrogen-bond acceptors (Lipinski definition) is 7. The second-order valence-electron chi connectivity index (χ2n) is 6.82. The van der Waals surface area contributed by atoms with Crippen molar-refractivity contribution >= 4 is 5.91 Å². The summed E-state index contributed by atoms with van der Waals surface area (Å²) in [6.07, 6.45) is 0. The van der Waals surface area contributed by atoms with Crippen LogP contribution < -0.4 is 21.3 Å². The first-order valence-electron chi connectivity index (χ1n) is 10.2. The monoisotopic (exact) mass is 393 g/mol. The zero-order valence-corrected chi connectivity index (χ0v) is 16.7. The average molecular weight is 394 g/mol. The van der Waals surface area contributed by atoms with Gasteiger partial charge in [0, 0.05) is 58.9 Å². The molecule has 0 bridgehead atoms. The maximum Gasteiger partial charge on any atom is 0.239 e. The van der Waals surface area contributed by atoms with Gasteiger partial charge in [0.1, 0.15) is 6.04 Å². The molecule has 0 saturated carbocycles. The molecule has 8 heteroatoms. The molecule has 0 radical (unpaired) electrons. The number of rotatable bonds is 8. The summed E-state index contributed by atoms with van der Waals surface area (Å²) in [6.45, 7) is 7.78. The average Bonchev–Trinajstić information content (AvgIpc) is 2.71. The van der Waals surface area contributed by atoms with Crippen LogP contribution in [0.5, 0.6) is 0 Å². The molecule has 158 valence electrons. The Labute approximate surface area is 168 Å². The van der Waals surface area contributed by atoms with E-state index in [9.17, 15) is 4.79 Å². The molecule has 8 nitrogen and oxygen atoms in total. The van der Waals surface area contributed by atoms with Crippen molar-refractivity contribution in [3.05, 3.63) is 35.9 Å². The highest BCUT2D eigenvalue weighted by atomic mass is 16.5. The summed E-state index contributed by atoms with van der Waals surface area (Å²) >= 11 is 0. The quantitative estimate of drug-likeness (QED) is 0.377. The van der Waals surface area contributed by atoms with Crippen molar-refractivity contribution in [1.82, 2.24) is 26.2 Å². The van der Waals surface area contributed by atoms with Crippen LogP contribution in [-0.4, -0.2) is 94.1 Å². The van der Waals surface area contributed by atoms with E-state index in [1.165, 1.54) is 0 Å². The van der Waals surface area contributed by atoms with Crippen LogP contribution in [0.25, 0.3) is 0 Å². The van der Waals surface area contributed by atoms with Crippen LogP contribution in [0.4, 0.5) is 0 Å². The molecule has 0 spiro atoms. The van der Waals surface area contributed by atoms with Crippen LogP contribution >= 0.6 is 0 Å². The lowest BCUT2D eigenvalue weighted by molar-refractivity contribution is -0.129. The first kappa shape index (κ1) is 22.7. The van der Waals surface area contributed by atoms with Gasteiger partial charge in [-0.1, -0.05) is 30.3 Å². The summed E-state index contributed by atoms with van der Waals surface area (Å²) in [4.78, 5) is 14.9. The van der Waals surface area contributed by atoms with Gasteiger partial charge in [-0.3, -0.25) is 9.69 Å². The van der Waals surface area contributed by atoms with Gasteiger partial charge in [0.25, 0.3) is 0 Å². The van der Waals surface area contributed by atoms with Crippen molar-refractivity contribution in [2.75, 3.05) is 72.1 Å². The molecule has 1 unspecified atom stereocenters. The molecule has 1 atom stereocenters. The van der Waals surface area contributed by atoms with Gasteiger partial charge in [0.15, 0.2) is 0 Å². The molecule has 1 aromatic carbocycles. The smallest absolute Gasteiger partial charge is 0.239 e. The number of amides is 1. The lowest BCUT2D eigenvalue weighted by Crippen LogP contribution is -2.53. The molecule has 1 fully saturated rings. The lowest BCUT2D eigenvalue weighted by Gasteiger charge is -2.31. The van der Waals surface area contributed by atoms with Gasteiger partial charge >= 0.3 is 0 Å². The van der Waals surface area contributed by atoms with E-state index in [2.05, 4.69) is 26.2 Å². The molecule has 0 aliphatic carbocycles. The van der Waals surface area contributed by atoms with Crippen molar-refractivity contribution in [2.45, 2.75) is 12.6 Å². The molecule has 2 rings (SSSR count). The number of hydrogen-bond donors (Lipinski definition) is 5. The summed E-state index contributed by atoms with van der Waals surface area (Å²) in [6, 6.07) is 9.57. The molecule has 1 heterocycles. The van der Waals surface area contributed by atoms with Gasteiger partial charge in [0.05, 0.1) is 19.8 Å². The Morgan fingerprint density at radius 2 is 1.64 bits per heavy atom. The minimum Gasteiger partial charge on any atom is -0.395 e. The number of aliphatic hydroxyl groups is 1. The fourth-order valence-corrected chi connectivity index (χ4v) is 3.10. The van der Waals surface area contributed by atoms with Crippen LogP contribution in [0.1, 0.15) is 5.56 Å². The fourth-order valence-electron chi connectivity index (χ4n) is 3.10. The third-order valence-electron chi connectivity index (χ3n) is 4.65. The predicted molar refractivity (Wildman–Crippen MR) is 110 cm³/mol. The summed E-state index contributed by atoms with van der Waals surface area (Å²) < 4.78 is 5.89. The number of benzene rings is 1. The molecule has 28 heavy (non-hydrogen) atoms. The standard InChI is InChI=1S/C20H35N5O3/c26-15-12-24-20(27)19(17-28-16-18-4-2-1-3-5-18)25-13-10-22-8-6-21-7-9-23-11-14-25/h1-5,19,21-23,26H,6-17H2,(H,24,27). The van der Waals surface area contributed by atoms with Gasteiger partial charge in [0.2, 0.25) is 5.91 Å². The molecule has 0 aromatic heterocycles. The largest absolute Gasteiger partial charge is 0.395 e. The molecule has 1 amide bonds. The summed E-state index contributed by atoms with van der Waals surface area (Å²) in [5.74, 6) is -0.101. The van der Waals surface area contributed by atoms with E-state index < -0.39 is 0 Å². The first-order chi connectivity index (χ1) is 13.8. The van der Waals surface area contributed by atoms with E-state index in [-0.39, 0.29) is 25.1 Å². The zero-order chi connectivity index (χ0) is 19.9. The van der Waals surface area contributed by atoms with Crippen molar-refractivity contribution in [2.24, 2.45) is 0 Å². The number of ether oxygens (including phenoxy) is 1. The highest BCUT2D eigenvalue weighted by Gasteiger charge is 2.25. The van der Waals surface area contributed by atoms with E-state index in [0.717, 1.165) is 57.9 Å².